The molecule has 1 amide bonds. The minimum Gasteiger partial charge on any atom is -0.351 e. The van der Waals surface area contributed by atoms with Crippen LogP contribution in [0.1, 0.15) is 21.8 Å². The first kappa shape index (κ1) is 13.1. The average Bonchev–Trinajstić information content (AvgIpc) is 2.75. The number of carbonyl (C=O) groups excluding carboxylic acids is 1. The number of alkyl halides is 3. The van der Waals surface area contributed by atoms with Crippen LogP contribution in [-0.2, 0) is 6.18 Å². The summed E-state index contributed by atoms with van der Waals surface area (Å²) in [4.78, 5) is 11.7. The van der Waals surface area contributed by atoms with E-state index >= 15 is 0 Å². The Balaban J connectivity index is 2.27. The van der Waals surface area contributed by atoms with Gasteiger partial charge in [0.2, 0.25) is 5.76 Å². The van der Waals surface area contributed by atoms with Crippen LogP contribution in [0.5, 0.6) is 0 Å². The molecular weight excluding hydrogens is 261 g/mol. The third-order valence-electron chi connectivity index (χ3n) is 2.33. The Hall–Kier alpha value is -2.31. The van der Waals surface area contributed by atoms with Crippen LogP contribution in [0.2, 0.25) is 0 Å². The van der Waals surface area contributed by atoms with Crippen molar-refractivity contribution in [3.8, 4) is 0 Å². The minimum atomic E-state index is -4.54. The molecule has 1 aromatic carbocycles. The Labute approximate surface area is 106 Å². The number of para-hydroxylation sites is 1. The van der Waals surface area contributed by atoms with Crippen molar-refractivity contribution in [3.63, 3.8) is 0 Å². The summed E-state index contributed by atoms with van der Waals surface area (Å²) in [5, 5.41) is 5.65. The largest absolute Gasteiger partial charge is 0.418 e. The van der Waals surface area contributed by atoms with Crippen LogP contribution >= 0.6 is 0 Å². The van der Waals surface area contributed by atoms with E-state index in [1.807, 2.05) is 0 Å². The molecule has 0 aliphatic rings. The monoisotopic (exact) mass is 270 g/mol. The molecule has 1 aromatic heterocycles. The summed E-state index contributed by atoms with van der Waals surface area (Å²) in [6.45, 7) is 1.60. The van der Waals surface area contributed by atoms with Crippen molar-refractivity contribution in [1.29, 1.82) is 0 Å². The number of rotatable bonds is 2. The van der Waals surface area contributed by atoms with Crippen LogP contribution < -0.4 is 5.32 Å². The molecule has 2 rings (SSSR count). The molecular formula is C12H9F3N2O2. The van der Waals surface area contributed by atoms with Gasteiger partial charge in [-0.2, -0.15) is 13.2 Å². The highest BCUT2D eigenvalue weighted by atomic mass is 19.4. The molecule has 7 heteroatoms. The number of hydrogen-bond acceptors (Lipinski definition) is 3. The van der Waals surface area contributed by atoms with E-state index in [9.17, 15) is 18.0 Å². The van der Waals surface area contributed by atoms with E-state index in [0.717, 1.165) is 6.07 Å². The Morgan fingerprint density at radius 2 is 2.00 bits per heavy atom. The molecule has 1 N–H and O–H groups in total. The van der Waals surface area contributed by atoms with Crippen molar-refractivity contribution >= 4 is 11.6 Å². The number of aryl methyl sites for hydroxylation is 1. The predicted octanol–water partition coefficient (Wildman–Crippen LogP) is 3.25. The number of hydrogen-bond donors (Lipinski definition) is 1. The molecule has 0 bridgehead atoms. The lowest BCUT2D eigenvalue weighted by atomic mass is 10.1. The standard InChI is InChI=1S/C12H9F3N2O2/c1-7-6-10(19-17-7)11(18)16-9-5-3-2-4-8(9)12(13,14)15/h2-6H,1H3,(H,16,18). The molecule has 100 valence electrons. The average molecular weight is 270 g/mol. The number of anilines is 1. The first-order valence-electron chi connectivity index (χ1n) is 5.29. The van der Waals surface area contributed by atoms with Crippen molar-refractivity contribution in [1.82, 2.24) is 5.16 Å². The zero-order valence-electron chi connectivity index (χ0n) is 9.78. The Morgan fingerprint density at radius 3 is 2.58 bits per heavy atom. The van der Waals surface area contributed by atoms with Crippen LogP contribution in [0.4, 0.5) is 18.9 Å². The molecule has 0 spiro atoms. The molecule has 0 aliphatic carbocycles. The fourth-order valence-corrected chi connectivity index (χ4v) is 1.49. The maximum atomic E-state index is 12.7. The van der Waals surface area contributed by atoms with Gasteiger partial charge >= 0.3 is 6.18 Å². The van der Waals surface area contributed by atoms with Crippen molar-refractivity contribution in [3.05, 3.63) is 47.3 Å². The predicted molar refractivity (Wildman–Crippen MR) is 60.6 cm³/mol. The molecule has 0 saturated carbocycles. The first-order chi connectivity index (χ1) is 8.88. The van der Waals surface area contributed by atoms with Gasteiger partial charge in [0.05, 0.1) is 16.9 Å². The molecule has 0 atom stereocenters. The van der Waals surface area contributed by atoms with Crippen molar-refractivity contribution < 1.29 is 22.5 Å². The van der Waals surface area contributed by atoms with Gasteiger partial charge in [0.15, 0.2) is 0 Å². The maximum Gasteiger partial charge on any atom is 0.418 e. The third kappa shape index (κ3) is 2.93. The Kier molecular flexibility index (Phi) is 3.28. The van der Waals surface area contributed by atoms with E-state index in [-0.39, 0.29) is 11.4 Å². The van der Waals surface area contributed by atoms with Gasteiger partial charge in [0.25, 0.3) is 5.91 Å². The molecule has 4 nitrogen and oxygen atoms in total. The normalized spacial score (nSPS) is 11.4. The van der Waals surface area contributed by atoms with Crippen LogP contribution in [0.25, 0.3) is 0 Å². The summed E-state index contributed by atoms with van der Waals surface area (Å²) in [6.07, 6.45) is -4.54. The van der Waals surface area contributed by atoms with E-state index < -0.39 is 17.6 Å². The van der Waals surface area contributed by atoms with E-state index in [1.165, 1.54) is 24.3 Å². The minimum absolute atomic E-state index is 0.144. The van der Waals surface area contributed by atoms with Crippen LogP contribution in [0.3, 0.4) is 0 Å². The number of aromatic nitrogens is 1. The van der Waals surface area contributed by atoms with E-state index in [2.05, 4.69) is 15.0 Å². The number of amides is 1. The summed E-state index contributed by atoms with van der Waals surface area (Å²) in [5.41, 5.74) is -0.775. The quantitative estimate of drug-likeness (QED) is 0.911. The highest BCUT2D eigenvalue weighted by Crippen LogP contribution is 2.34. The van der Waals surface area contributed by atoms with Gasteiger partial charge in [-0.25, -0.2) is 0 Å². The Bertz CT molecular complexity index is 605. The lowest BCUT2D eigenvalue weighted by molar-refractivity contribution is -0.136. The van der Waals surface area contributed by atoms with Gasteiger partial charge in [0.1, 0.15) is 0 Å². The fraction of sp³-hybridized carbons (Fsp3) is 0.167. The van der Waals surface area contributed by atoms with Crippen molar-refractivity contribution in [2.24, 2.45) is 0 Å². The third-order valence-corrected chi connectivity index (χ3v) is 2.33. The summed E-state index contributed by atoms with van der Waals surface area (Å²) in [5.74, 6) is -0.924. The van der Waals surface area contributed by atoms with Gasteiger partial charge in [-0.3, -0.25) is 4.79 Å². The number of carbonyl (C=O) groups is 1. The summed E-state index contributed by atoms with van der Waals surface area (Å²) in [7, 11) is 0. The van der Waals surface area contributed by atoms with Gasteiger partial charge in [-0.15, -0.1) is 0 Å². The first-order valence-corrected chi connectivity index (χ1v) is 5.29. The van der Waals surface area contributed by atoms with Crippen molar-refractivity contribution in [2.75, 3.05) is 5.32 Å². The Morgan fingerprint density at radius 1 is 1.32 bits per heavy atom. The summed E-state index contributed by atoms with van der Waals surface area (Å²) >= 11 is 0. The summed E-state index contributed by atoms with van der Waals surface area (Å²) < 4.78 is 42.8. The van der Waals surface area contributed by atoms with E-state index in [0.29, 0.717) is 5.69 Å². The van der Waals surface area contributed by atoms with Crippen LogP contribution in [0, 0.1) is 6.92 Å². The van der Waals surface area contributed by atoms with Gasteiger partial charge in [-0.1, -0.05) is 17.3 Å². The molecule has 0 radical (unpaired) electrons. The van der Waals surface area contributed by atoms with Gasteiger partial charge < -0.3 is 9.84 Å². The molecule has 19 heavy (non-hydrogen) atoms. The number of benzene rings is 1. The van der Waals surface area contributed by atoms with Crippen LogP contribution in [0.15, 0.2) is 34.9 Å². The second-order valence-corrected chi connectivity index (χ2v) is 3.83. The second kappa shape index (κ2) is 4.75. The molecule has 0 saturated heterocycles. The van der Waals surface area contributed by atoms with Crippen molar-refractivity contribution in [2.45, 2.75) is 13.1 Å². The number of halogens is 3. The smallest absolute Gasteiger partial charge is 0.351 e. The molecule has 0 fully saturated rings. The highest BCUT2D eigenvalue weighted by molar-refractivity contribution is 6.02. The zero-order valence-corrected chi connectivity index (χ0v) is 9.78. The van der Waals surface area contributed by atoms with Gasteiger partial charge in [-0.05, 0) is 19.1 Å². The molecule has 0 unspecified atom stereocenters. The van der Waals surface area contributed by atoms with Crippen LogP contribution in [-0.4, -0.2) is 11.1 Å². The summed E-state index contributed by atoms with van der Waals surface area (Å²) in [6, 6.07) is 6.05. The molecule has 1 heterocycles. The number of nitrogens with one attached hydrogen (secondary N) is 1. The maximum absolute atomic E-state index is 12.7. The fourth-order valence-electron chi connectivity index (χ4n) is 1.49. The topological polar surface area (TPSA) is 55.1 Å². The molecule has 0 aliphatic heterocycles. The lowest BCUT2D eigenvalue weighted by Gasteiger charge is -2.12. The van der Waals surface area contributed by atoms with E-state index in [1.54, 1.807) is 6.92 Å². The van der Waals surface area contributed by atoms with Gasteiger partial charge in [0, 0.05) is 6.07 Å². The van der Waals surface area contributed by atoms with E-state index in [4.69, 9.17) is 0 Å². The lowest BCUT2D eigenvalue weighted by Crippen LogP contribution is -2.16. The SMILES string of the molecule is Cc1cc(C(=O)Nc2ccccc2C(F)(F)F)on1. The molecule has 2 aromatic rings. The second-order valence-electron chi connectivity index (χ2n) is 3.83. The number of nitrogens with zero attached hydrogens (tertiary/aromatic N) is 1. The highest BCUT2D eigenvalue weighted by Gasteiger charge is 2.33. The zero-order chi connectivity index (χ0) is 14.0.